The minimum absolute atomic E-state index is 0.0461. The summed E-state index contributed by atoms with van der Waals surface area (Å²) in [5, 5.41) is -0.0461. The highest BCUT2D eigenvalue weighted by Gasteiger charge is 2.32. The molecule has 0 N–H and O–H groups in total. The van der Waals surface area contributed by atoms with Crippen LogP contribution in [0.4, 0.5) is 18.9 Å². The minimum Gasteiger partial charge on any atom is -0.272 e. The molecule has 108 valence electrons. The molecule has 19 heavy (non-hydrogen) atoms. The van der Waals surface area contributed by atoms with E-state index in [-0.39, 0.29) is 16.5 Å². The smallest absolute Gasteiger partial charge is 0.272 e. The molecule has 0 aromatic heterocycles. The van der Waals surface area contributed by atoms with Crippen LogP contribution in [0.15, 0.2) is 18.2 Å². The van der Waals surface area contributed by atoms with E-state index in [1.807, 2.05) is 0 Å². The van der Waals surface area contributed by atoms with Gasteiger partial charge in [0.1, 0.15) is 0 Å². The summed E-state index contributed by atoms with van der Waals surface area (Å²) < 4.78 is 62.2. The van der Waals surface area contributed by atoms with Crippen molar-refractivity contribution in [1.82, 2.24) is 0 Å². The molecule has 0 heterocycles. The predicted octanol–water partition coefficient (Wildman–Crippen LogP) is 3.53. The van der Waals surface area contributed by atoms with Gasteiger partial charge in [-0.25, -0.2) is 8.42 Å². The van der Waals surface area contributed by atoms with Gasteiger partial charge in [0.05, 0.1) is 22.0 Å². The number of nitrogens with zero attached hydrogens (tertiary/aromatic N) is 1. The Morgan fingerprint density at radius 2 is 1.89 bits per heavy atom. The fraction of sp³-hybridized carbons (Fsp3) is 0.455. The first-order chi connectivity index (χ1) is 8.59. The first kappa shape index (κ1) is 16.1. The predicted molar refractivity (Wildman–Crippen MR) is 68.9 cm³/mol. The van der Waals surface area contributed by atoms with E-state index in [2.05, 4.69) is 0 Å². The van der Waals surface area contributed by atoms with E-state index >= 15 is 0 Å². The van der Waals surface area contributed by atoms with E-state index in [1.54, 1.807) is 6.92 Å². The third-order valence-corrected chi connectivity index (χ3v) is 4.77. The van der Waals surface area contributed by atoms with Gasteiger partial charge in [0.15, 0.2) is 0 Å². The number of anilines is 1. The molecule has 0 radical (unpaired) electrons. The van der Waals surface area contributed by atoms with Crippen LogP contribution in [0.3, 0.4) is 0 Å². The summed E-state index contributed by atoms with van der Waals surface area (Å²) in [5.41, 5.74) is -1.12. The average Bonchev–Trinajstić information content (AvgIpc) is 2.27. The van der Waals surface area contributed by atoms with Gasteiger partial charge < -0.3 is 0 Å². The molecule has 1 aromatic carbocycles. The topological polar surface area (TPSA) is 37.4 Å². The Morgan fingerprint density at radius 3 is 2.37 bits per heavy atom. The molecule has 0 saturated heterocycles. The molecular formula is C11H13ClF3NO2S. The molecule has 0 amide bonds. The Labute approximate surface area is 115 Å². The van der Waals surface area contributed by atoms with Crippen LogP contribution in [-0.2, 0) is 16.2 Å². The summed E-state index contributed by atoms with van der Waals surface area (Å²) in [7, 11) is -2.48. The molecule has 3 nitrogen and oxygen atoms in total. The van der Waals surface area contributed by atoms with E-state index in [0.29, 0.717) is 6.42 Å². The highest BCUT2D eigenvalue weighted by molar-refractivity contribution is 7.92. The van der Waals surface area contributed by atoms with Crippen LogP contribution in [0.1, 0.15) is 18.9 Å². The van der Waals surface area contributed by atoms with Gasteiger partial charge in [-0.2, -0.15) is 13.2 Å². The van der Waals surface area contributed by atoms with Crippen LogP contribution < -0.4 is 4.31 Å². The van der Waals surface area contributed by atoms with Crippen LogP contribution in [-0.4, -0.2) is 21.2 Å². The summed E-state index contributed by atoms with van der Waals surface area (Å²) >= 11 is 5.77. The number of alkyl halides is 3. The quantitative estimate of drug-likeness (QED) is 0.852. The van der Waals surface area contributed by atoms with Crippen molar-refractivity contribution in [3.05, 3.63) is 28.8 Å². The SMILES string of the molecule is CCCS(=O)(=O)N(C)c1cc(C(F)(F)F)ccc1Cl. The second-order valence-corrected chi connectivity index (χ2v) is 6.47. The standard InChI is InChI=1S/C11H13ClF3NO2S/c1-3-6-19(17,18)16(2)10-7-8(11(13,14)15)4-5-9(10)12/h4-5,7H,3,6H2,1-2H3. The normalized spacial score (nSPS) is 12.5. The maximum absolute atomic E-state index is 12.6. The van der Waals surface area contributed by atoms with Crippen LogP contribution in [0.2, 0.25) is 5.02 Å². The third kappa shape index (κ3) is 3.76. The zero-order chi connectivity index (χ0) is 14.8. The molecule has 0 atom stereocenters. The molecule has 0 aliphatic carbocycles. The summed E-state index contributed by atoms with van der Waals surface area (Å²) in [6.45, 7) is 1.67. The number of rotatable bonds is 4. The second-order valence-electron chi connectivity index (χ2n) is 3.95. The number of sulfonamides is 1. The summed E-state index contributed by atoms with van der Waals surface area (Å²) in [5.74, 6) is -0.157. The molecule has 0 unspecified atom stereocenters. The van der Waals surface area contributed by atoms with Crippen LogP contribution in [0, 0.1) is 0 Å². The van der Waals surface area contributed by atoms with Crippen molar-refractivity contribution >= 4 is 27.3 Å². The van der Waals surface area contributed by atoms with E-state index in [1.165, 1.54) is 7.05 Å². The van der Waals surface area contributed by atoms with Gasteiger partial charge in [-0.1, -0.05) is 18.5 Å². The van der Waals surface area contributed by atoms with Crippen LogP contribution >= 0.6 is 11.6 Å². The van der Waals surface area contributed by atoms with E-state index < -0.39 is 21.8 Å². The molecule has 0 aliphatic heterocycles. The molecule has 0 fully saturated rings. The Bertz CT molecular complexity index is 558. The molecule has 0 aliphatic rings. The van der Waals surface area contributed by atoms with E-state index in [4.69, 9.17) is 11.6 Å². The minimum atomic E-state index is -4.55. The van der Waals surface area contributed by atoms with Crippen molar-refractivity contribution in [2.45, 2.75) is 19.5 Å². The van der Waals surface area contributed by atoms with Gasteiger partial charge >= 0.3 is 6.18 Å². The Hall–Kier alpha value is -0.950. The molecule has 0 saturated carbocycles. The fourth-order valence-corrected chi connectivity index (χ4v) is 3.01. The molecule has 1 aromatic rings. The van der Waals surface area contributed by atoms with Crippen LogP contribution in [0.25, 0.3) is 0 Å². The van der Waals surface area contributed by atoms with Gasteiger partial charge in [0.2, 0.25) is 10.0 Å². The lowest BCUT2D eigenvalue weighted by atomic mass is 10.2. The van der Waals surface area contributed by atoms with E-state index in [0.717, 1.165) is 22.5 Å². The molecule has 0 spiro atoms. The molecule has 1 rings (SSSR count). The summed E-state index contributed by atoms with van der Waals surface area (Å²) in [6.07, 6.45) is -4.18. The van der Waals surface area contributed by atoms with Crippen molar-refractivity contribution in [1.29, 1.82) is 0 Å². The zero-order valence-corrected chi connectivity index (χ0v) is 11.9. The molecule has 0 bridgehead atoms. The van der Waals surface area contributed by atoms with Gasteiger partial charge in [-0.05, 0) is 24.6 Å². The lowest BCUT2D eigenvalue weighted by molar-refractivity contribution is -0.137. The number of halogens is 4. The summed E-state index contributed by atoms with van der Waals surface area (Å²) in [4.78, 5) is 0. The molecule has 8 heteroatoms. The maximum Gasteiger partial charge on any atom is 0.416 e. The Balaban J connectivity index is 3.27. The Morgan fingerprint density at radius 1 is 1.32 bits per heavy atom. The van der Waals surface area contributed by atoms with Gasteiger partial charge in [-0.15, -0.1) is 0 Å². The monoisotopic (exact) mass is 315 g/mol. The first-order valence-electron chi connectivity index (χ1n) is 5.43. The average molecular weight is 316 g/mol. The number of benzene rings is 1. The lowest BCUT2D eigenvalue weighted by Crippen LogP contribution is -2.29. The zero-order valence-electron chi connectivity index (χ0n) is 10.3. The third-order valence-electron chi connectivity index (χ3n) is 2.49. The van der Waals surface area contributed by atoms with Crippen molar-refractivity contribution in [2.24, 2.45) is 0 Å². The first-order valence-corrected chi connectivity index (χ1v) is 7.41. The largest absolute Gasteiger partial charge is 0.416 e. The van der Waals surface area contributed by atoms with Crippen molar-refractivity contribution < 1.29 is 21.6 Å². The lowest BCUT2D eigenvalue weighted by Gasteiger charge is -2.21. The molecular weight excluding hydrogens is 303 g/mol. The highest BCUT2D eigenvalue weighted by Crippen LogP contribution is 2.35. The van der Waals surface area contributed by atoms with Crippen molar-refractivity contribution in [3.63, 3.8) is 0 Å². The fourth-order valence-electron chi connectivity index (χ4n) is 1.48. The van der Waals surface area contributed by atoms with Gasteiger partial charge in [-0.3, -0.25) is 4.31 Å². The van der Waals surface area contributed by atoms with Crippen molar-refractivity contribution in [2.75, 3.05) is 17.1 Å². The number of hydrogen-bond acceptors (Lipinski definition) is 2. The maximum atomic E-state index is 12.6. The van der Waals surface area contributed by atoms with Gasteiger partial charge in [0, 0.05) is 7.05 Å². The summed E-state index contributed by atoms with van der Waals surface area (Å²) in [6, 6.07) is 2.58. The van der Waals surface area contributed by atoms with Crippen molar-refractivity contribution in [3.8, 4) is 0 Å². The second kappa shape index (κ2) is 5.58. The highest BCUT2D eigenvalue weighted by atomic mass is 35.5. The number of hydrogen-bond donors (Lipinski definition) is 0. The van der Waals surface area contributed by atoms with Crippen LogP contribution in [0.5, 0.6) is 0 Å². The van der Waals surface area contributed by atoms with Gasteiger partial charge in [0.25, 0.3) is 0 Å². The van der Waals surface area contributed by atoms with E-state index in [9.17, 15) is 21.6 Å². The Kier molecular flexibility index (Phi) is 4.73.